The van der Waals surface area contributed by atoms with Gasteiger partial charge in [0.15, 0.2) is 0 Å². The van der Waals surface area contributed by atoms with Crippen LogP contribution in [0.25, 0.3) is 0 Å². The first-order valence-corrected chi connectivity index (χ1v) is 4.03. The first-order valence-electron chi connectivity index (χ1n) is 4.03. The van der Waals surface area contributed by atoms with Crippen molar-refractivity contribution in [3.05, 3.63) is 24.2 Å². The lowest BCUT2D eigenvalue weighted by Crippen LogP contribution is -2.17. The molecule has 2 N–H and O–H groups in total. The highest BCUT2D eigenvalue weighted by atomic mass is 16.3. The molecule has 2 heteroatoms. The van der Waals surface area contributed by atoms with E-state index < -0.39 is 0 Å². The SMILES string of the molecule is CCC(C)C(N)c1ccoc1. The summed E-state index contributed by atoms with van der Waals surface area (Å²) in [4.78, 5) is 0. The molecule has 2 atom stereocenters. The Kier molecular flexibility index (Phi) is 2.71. The van der Waals surface area contributed by atoms with Crippen LogP contribution in [0.4, 0.5) is 0 Å². The second-order valence-electron chi connectivity index (χ2n) is 2.97. The van der Waals surface area contributed by atoms with Crippen molar-refractivity contribution in [1.29, 1.82) is 0 Å². The van der Waals surface area contributed by atoms with Gasteiger partial charge < -0.3 is 10.2 Å². The molecule has 0 spiro atoms. The van der Waals surface area contributed by atoms with Crippen LogP contribution in [0, 0.1) is 5.92 Å². The molecule has 0 aliphatic rings. The lowest BCUT2D eigenvalue weighted by atomic mass is 9.95. The third-order valence-electron chi connectivity index (χ3n) is 2.19. The quantitative estimate of drug-likeness (QED) is 0.723. The summed E-state index contributed by atoms with van der Waals surface area (Å²) in [7, 11) is 0. The fourth-order valence-corrected chi connectivity index (χ4v) is 1.05. The van der Waals surface area contributed by atoms with Crippen LogP contribution in [0.15, 0.2) is 23.0 Å². The summed E-state index contributed by atoms with van der Waals surface area (Å²) in [5.74, 6) is 0.521. The second kappa shape index (κ2) is 3.58. The van der Waals surface area contributed by atoms with Crippen molar-refractivity contribution >= 4 is 0 Å². The molecule has 0 bridgehead atoms. The highest BCUT2D eigenvalue weighted by Crippen LogP contribution is 2.21. The summed E-state index contributed by atoms with van der Waals surface area (Å²) in [5.41, 5.74) is 7.03. The van der Waals surface area contributed by atoms with Gasteiger partial charge >= 0.3 is 0 Å². The summed E-state index contributed by atoms with van der Waals surface area (Å²) in [6.07, 6.45) is 4.49. The van der Waals surface area contributed by atoms with Gasteiger partial charge in [0.2, 0.25) is 0 Å². The maximum atomic E-state index is 5.93. The molecule has 62 valence electrons. The van der Waals surface area contributed by atoms with Crippen molar-refractivity contribution < 1.29 is 4.42 Å². The van der Waals surface area contributed by atoms with Crippen LogP contribution >= 0.6 is 0 Å². The molecule has 0 aliphatic heterocycles. The summed E-state index contributed by atoms with van der Waals surface area (Å²) in [5, 5.41) is 0. The fraction of sp³-hybridized carbons (Fsp3) is 0.556. The maximum absolute atomic E-state index is 5.93. The summed E-state index contributed by atoms with van der Waals surface area (Å²) in [6, 6.07) is 2.05. The molecule has 2 nitrogen and oxygen atoms in total. The molecule has 1 heterocycles. The van der Waals surface area contributed by atoms with E-state index in [1.54, 1.807) is 12.5 Å². The van der Waals surface area contributed by atoms with Crippen molar-refractivity contribution in [2.24, 2.45) is 11.7 Å². The first-order chi connectivity index (χ1) is 5.25. The molecular formula is C9H15NO. The standard InChI is InChI=1S/C9H15NO/c1-3-7(2)9(10)8-4-5-11-6-8/h4-7,9H,3,10H2,1-2H3. The van der Waals surface area contributed by atoms with E-state index in [2.05, 4.69) is 13.8 Å². The zero-order valence-electron chi connectivity index (χ0n) is 7.08. The monoisotopic (exact) mass is 153 g/mol. The molecular weight excluding hydrogens is 138 g/mol. The lowest BCUT2D eigenvalue weighted by Gasteiger charge is -2.15. The van der Waals surface area contributed by atoms with Crippen LogP contribution in [-0.2, 0) is 0 Å². The third kappa shape index (κ3) is 1.84. The Morgan fingerprint density at radius 2 is 2.36 bits per heavy atom. The highest BCUT2D eigenvalue weighted by Gasteiger charge is 2.13. The van der Waals surface area contributed by atoms with E-state index in [9.17, 15) is 0 Å². The van der Waals surface area contributed by atoms with E-state index in [1.807, 2.05) is 6.07 Å². The molecule has 0 saturated carbocycles. The molecule has 0 aliphatic carbocycles. The topological polar surface area (TPSA) is 39.2 Å². The normalized spacial score (nSPS) is 16.3. The molecule has 1 rings (SSSR count). The van der Waals surface area contributed by atoms with E-state index in [0.29, 0.717) is 5.92 Å². The Balaban J connectivity index is 2.62. The van der Waals surface area contributed by atoms with Gasteiger partial charge in [-0.2, -0.15) is 0 Å². The molecule has 0 saturated heterocycles. The van der Waals surface area contributed by atoms with Gasteiger partial charge in [-0.25, -0.2) is 0 Å². The van der Waals surface area contributed by atoms with Crippen molar-refractivity contribution in [3.63, 3.8) is 0 Å². The smallest absolute Gasteiger partial charge is 0.0950 e. The Labute approximate surface area is 67.4 Å². The van der Waals surface area contributed by atoms with Gasteiger partial charge in [-0.05, 0) is 12.0 Å². The lowest BCUT2D eigenvalue weighted by molar-refractivity contribution is 0.451. The van der Waals surface area contributed by atoms with Crippen LogP contribution in [0.3, 0.4) is 0 Å². The largest absolute Gasteiger partial charge is 0.472 e. The number of hydrogen-bond acceptors (Lipinski definition) is 2. The Bertz CT molecular complexity index is 193. The summed E-state index contributed by atoms with van der Waals surface area (Å²) >= 11 is 0. The highest BCUT2D eigenvalue weighted by molar-refractivity contribution is 5.11. The van der Waals surface area contributed by atoms with Crippen LogP contribution in [0.5, 0.6) is 0 Å². The van der Waals surface area contributed by atoms with Gasteiger partial charge in [-0.3, -0.25) is 0 Å². The Morgan fingerprint density at radius 3 is 2.82 bits per heavy atom. The zero-order valence-corrected chi connectivity index (χ0v) is 7.08. The molecule has 0 amide bonds. The number of nitrogens with two attached hydrogens (primary N) is 1. The van der Waals surface area contributed by atoms with Crippen LogP contribution in [-0.4, -0.2) is 0 Å². The summed E-state index contributed by atoms with van der Waals surface area (Å²) in [6.45, 7) is 4.29. The predicted molar refractivity (Wildman–Crippen MR) is 45.1 cm³/mol. The van der Waals surface area contributed by atoms with Gasteiger partial charge in [0.25, 0.3) is 0 Å². The third-order valence-corrected chi connectivity index (χ3v) is 2.19. The molecule has 2 unspecified atom stereocenters. The van der Waals surface area contributed by atoms with E-state index in [-0.39, 0.29) is 6.04 Å². The number of hydrogen-bond donors (Lipinski definition) is 1. The van der Waals surface area contributed by atoms with Crippen LogP contribution in [0.1, 0.15) is 31.9 Å². The van der Waals surface area contributed by atoms with Gasteiger partial charge in [-0.1, -0.05) is 20.3 Å². The van der Waals surface area contributed by atoms with E-state index >= 15 is 0 Å². The minimum absolute atomic E-state index is 0.124. The van der Waals surface area contributed by atoms with Gasteiger partial charge in [0, 0.05) is 11.6 Å². The Morgan fingerprint density at radius 1 is 1.64 bits per heavy atom. The minimum Gasteiger partial charge on any atom is -0.472 e. The summed E-state index contributed by atoms with van der Waals surface area (Å²) < 4.78 is 4.95. The average molecular weight is 153 g/mol. The van der Waals surface area contributed by atoms with Crippen LogP contribution < -0.4 is 5.73 Å². The predicted octanol–water partition coefficient (Wildman–Crippen LogP) is 2.33. The molecule has 11 heavy (non-hydrogen) atoms. The van der Waals surface area contributed by atoms with E-state index in [1.165, 1.54) is 0 Å². The number of rotatable bonds is 3. The Hall–Kier alpha value is -0.760. The van der Waals surface area contributed by atoms with Gasteiger partial charge in [0.05, 0.1) is 12.5 Å². The average Bonchev–Trinajstić information content (AvgIpc) is 2.53. The van der Waals surface area contributed by atoms with Crippen LogP contribution in [0.2, 0.25) is 0 Å². The number of furan rings is 1. The molecule has 0 fully saturated rings. The van der Waals surface area contributed by atoms with Crippen molar-refractivity contribution in [1.82, 2.24) is 0 Å². The molecule has 0 aromatic carbocycles. The van der Waals surface area contributed by atoms with Crippen molar-refractivity contribution in [2.45, 2.75) is 26.3 Å². The fourth-order valence-electron chi connectivity index (χ4n) is 1.05. The maximum Gasteiger partial charge on any atom is 0.0950 e. The van der Waals surface area contributed by atoms with Gasteiger partial charge in [0.1, 0.15) is 0 Å². The minimum atomic E-state index is 0.124. The van der Waals surface area contributed by atoms with E-state index in [0.717, 1.165) is 12.0 Å². The van der Waals surface area contributed by atoms with Crippen molar-refractivity contribution in [3.8, 4) is 0 Å². The van der Waals surface area contributed by atoms with E-state index in [4.69, 9.17) is 10.2 Å². The molecule has 1 aromatic rings. The van der Waals surface area contributed by atoms with Crippen molar-refractivity contribution in [2.75, 3.05) is 0 Å². The zero-order chi connectivity index (χ0) is 8.27. The molecule has 1 aromatic heterocycles. The first kappa shape index (κ1) is 8.34. The molecule has 0 radical (unpaired) electrons. The van der Waals surface area contributed by atoms with Gasteiger partial charge in [-0.15, -0.1) is 0 Å². The second-order valence-corrected chi connectivity index (χ2v) is 2.97.